The van der Waals surface area contributed by atoms with E-state index in [0.29, 0.717) is 24.5 Å². The first kappa shape index (κ1) is 22.6. The van der Waals surface area contributed by atoms with Crippen molar-refractivity contribution in [3.8, 4) is 0 Å². The second-order valence-electron chi connectivity index (χ2n) is 8.86. The molecule has 1 aromatic carbocycles. The monoisotopic (exact) mass is 472 g/mol. The Hall–Kier alpha value is -3.18. The highest BCUT2D eigenvalue weighted by Gasteiger charge is 2.33. The number of carbonyl (C=O) groups excluding carboxylic acids is 2. The van der Waals surface area contributed by atoms with Gasteiger partial charge in [0.25, 0.3) is 0 Å². The van der Waals surface area contributed by atoms with Crippen LogP contribution in [0.4, 0.5) is 20.6 Å². The summed E-state index contributed by atoms with van der Waals surface area (Å²) in [5.41, 5.74) is 2.98. The van der Waals surface area contributed by atoms with Gasteiger partial charge >= 0.3 is 6.09 Å². The average Bonchev–Trinajstić information content (AvgIpc) is 3.50. The number of nitrogens with one attached hydrogen (secondary N) is 1. The first-order valence-electron chi connectivity index (χ1n) is 11.6. The minimum absolute atomic E-state index is 0.194. The number of benzene rings is 1. The lowest BCUT2D eigenvalue weighted by Gasteiger charge is -2.26. The fourth-order valence-corrected chi connectivity index (χ4v) is 4.58. The number of cyclic esters (lactones) is 1. The number of nitrogens with zero attached hydrogens (tertiary/aromatic N) is 5. The number of halogens is 1. The predicted octanol–water partition coefficient (Wildman–Crippen LogP) is 1.34. The summed E-state index contributed by atoms with van der Waals surface area (Å²) in [7, 11) is 0. The van der Waals surface area contributed by atoms with E-state index in [1.54, 1.807) is 12.1 Å². The molecule has 2 aromatic rings. The summed E-state index contributed by atoms with van der Waals surface area (Å²) in [4.78, 5) is 29.0. The second kappa shape index (κ2) is 9.59. The molecule has 0 radical (unpaired) electrons. The number of hydrogen-bond acceptors (Lipinski definition) is 7. The molecule has 0 saturated carbocycles. The van der Waals surface area contributed by atoms with Crippen molar-refractivity contribution in [2.45, 2.75) is 32.7 Å². The maximum Gasteiger partial charge on any atom is 0.414 e. The number of hydrogen-bond donors (Lipinski definition) is 1. The van der Waals surface area contributed by atoms with E-state index in [1.165, 1.54) is 17.9 Å². The summed E-state index contributed by atoms with van der Waals surface area (Å²) in [6, 6.07) is 4.77. The molecule has 11 heteroatoms. The zero-order chi connectivity index (χ0) is 23.7. The van der Waals surface area contributed by atoms with Crippen LogP contribution in [0.5, 0.6) is 0 Å². The van der Waals surface area contributed by atoms with Crippen molar-refractivity contribution in [2.75, 3.05) is 55.7 Å². The minimum Gasteiger partial charge on any atom is -0.442 e. The number of fused-ring (bicyclic) bond motifs is 1. The van der Waals surface area contributed by atoms with Crippen molar-refractivity contribution in [3.05, 3.63) is 41.5 Å². The van der Waals surface area contributed by atoms with Gasteiger partial charge in [-0.25, -0.2) is 9.18 Å². The van der Waals surface area contributed by atoms with Crippen molar-refractivity contribution in [1.29, 1.82) is 0 Å². The third kappa shape index (κ3) is 4.85. The van der Waals surface area contributed by atoms with Gasteiger partial charge in [-0.05, 0) is 18.2 Å². The van der Waals surface area contributed by atoms with Crippen LogP contribution < -0.4 is 15.1 Å². The van der Waals surface area contributed by atoms with Crippen molar-refractivity contribution in [3.63, 3.8) is 0 Å². The Morgan fingerprint density at radius 3 is 2.79 bits per heavy atom. The quantitative estimate of drug-likeness (QED) is 0.650. The second-order valence-corrected chi connectivity index (χ2v) is 8.86. The van der Waals surface area contributed by atoms with Crippen LogP contribution in [0.15, 0.2) is 24.4 Å². The Bertz CT molecular complexity index is 1050. The molecule has 2 fully saturated rings. The van der Waals surface area contributed by atoms with Crippen LogP contribution in [-0.2, 0) is 33.9 Å². The molecule has 1 atom stereocenters. The Morgan fingerprint density at radius 2 is 2.06 bits per heavy atom. The number of rotatable bonds is 7. The van der Waals surface area contributed by atoms with Crippen molar-refractivity contribution >= 4 is 23.4 Å². The Morgan fingerprint density at radius 1 is 1.24 bits per heavy atom. The van der Waals surface area contributed by atoms with Gasteiger partial charge in [0.2, 0.25) is 5.91 Å². The maximum atomic E-state index is 15.1. The summed E-state index contributed by atoms with van der Waals surface area (Å²) in [6.45, 7) is 8.26. The summed E-state index contributed by atoms with van der Waals surface area (Å²) in [6.07, 6.45) is 1.04. The van der Waals surface area contributed by atoms with Crippen LogP contribution in [-0.4, -0.2) is 78.7 Å². The lowest BCUT2D eigenvalue weighted by Crippen LogP contribution is -2.38. The standard InChI is InChI=1S/C23H29FN6O4/c1-16(31)25-11-19-14-30(23(32)34-19)18-2-3-22(20(24)10-18)28-12-17-13-29(26-21(17)15-28)5-4-27-6-8-33-9-7-27/h2-3,10,13,19H,4-9,11-12,14-15H2,1H3,(H,25,31)/t19-/m0/s1. The Balaban J connectivity index is 1.19. The van der Waals surface area contributed by atoms with Gasteiger partial charge in [-0.3, -0.25) is 19.3 Å². The largest absolute Gasteiger partial charge is 0.442 e. The molecular weight excluding hydrogens is 443 g/mol. The predicted molar refractivity (Wildman–Crippen MR) is 122 cm³/mol. The van der Waals surface area contributed by atoms with Gasteiger partial charge in [0.05, 0.1) is 56.5 Å². The van der Waals surface area contributed by atoms with E-state index < -0.39 is 18.0 Å². The fourth-order valence-electron chi connectivity index (χ4n) is 4.58. The zero-order valence-electron chi connectivity index (χ0n) is 19.2. The molecule has 3 aliphatic heterocycles. The maximum absolute atomic E-state index is 15.1. The fraction of sp³-hybridized carbons (Fsp3) is 0.522. The molecule has 3 aliphatic rings. The number of morpholine rings is 1. The van der Waals surface area contributed by atoms with Gasteiger partial charge in [0, 0.05) is 44.9 Å². The molecule has 2 amide bonds. The Kier molecular flexibility index (Phi) is 6.38. The summed E-state index contributed by atoms with van der Waals surface area (Å²) < 4.78 is 27.7. The smallest absolute Gasteiger partial charge is 0.414 e. The topological polar surface area (TPSA) is 92.2 Å². The molecule has 0 unspecified atom stereocenters. The lowest BCUT2D eigenvalue weighted by molar-refractivity contribution is -0.119. The van der Waals surface area contributed by atoms with Crippen LogP contribution in [0.25, 0.3) is 0 Å². The highest BCUT2D eigenvalue weighted by molar-refractivity contribution is 5.90. The van der Waals surface area contributed by atoms with E-state index in [9.17, 15) is 9.59 Å². The van der Waals surface area contributed by atoms with Crippen LogP contribution in [0.3, 0.4) is 0 Å². The summed E-state index contributed by atoms with van der Waals surface area (Å²) in [5.74, 6) is -0.596. The van der Waals surface area contributed by atoms with Crippen LogP contribution >= 0.6 is 0 Å². The number of ether oxygens (including phenoxy) is 2. The first-order chi connectivity index (χ1) is 16.5. The molecule has 0 spiro atoms. The molecule has 4 heterocycles. The highest BCUT2D eigenvalue weighted by atomic mass is 19.1. The molecule has 182 valence electrons. The lowest BCUT2D eigenvalue weighted by atomic mass is 10.2. The third-order valence-electron chi connectivity index (χ3n) is 6.41. The number of amides is 2. The minimum atomic E-state index is -0.546. The molecule has 0 bridgehead atoms. The first-order valence-corrected chi connectivity index (χ1v) is 11.6. The normalized spacial score (nSPS) is 20.5. The average molecular weight is 473 g/mol. The van der Waals surface area contributed by atoms with Crippen molar-refractivity contribution < 1.29 is 23.5 Å². The molecule has 34 heavy (non-hydrogen) atoms. The van der Waals surface area contributed by atoms with Crippen molar-refractivity contribution in [2.24, 2.45) is 0 Å². The van der Waals surface area contributed by atoms with Gasteiger partial charge in [0.1, 0.15) is 11.9 Å². The van der Waals surface area contributed by atoms with E-state index in [0.717, 1.165) is 50.7 Å². The molecule has 1 aromatic heterocycles. The summed E-state index contributed by atoms with van der Waals surface area (Å²) in [5, 5.41) is 7.34. The SMILES string of the molecule is CC(=O)NC[C@H]1CN(c2ccc(N3Cc4cn(CCN5CCOCC5)nc4C3)c(F)c2)C(=O)O1. The molecule has 0 aliphatic carbocycles. The van der Waals surface area contributed by atoms with Crippen LogP contribution in [0, 0.1) is 5.82 Å². The van der Waals surface area contributed by atoms with Gasteiger partial charge in [0.15, 0.2) is 0 Å². The molecule has 5 rings (SSSR count). The number of carbonyl (C=O) groups is 2. The van der Waals surface area contributed by atoms with Gasteiger partial charge in [-0.15, -0.1) is 0 Å². The van der Waals surface area contributed by atoms with E-state index in [4.69, 9.17) is 14.6 Å². The summed E-state index contributed by atoms with van der Waals surface area (Å²) >= 11 is 0. The molecule has 1 N–H and O–H groups in total. The van der Waals surface area contributed by atoms with E-state index in [-0.39, 0.29) is 19.0 Å². The third-order valence-corrected chi connectivity index (χ3v) is 6.41. The highest BCUT2D eigenvalue weighted by Crippen LogP contribution is 2.32. The van der Waals surface area contributed by atoms with Gasteiger partial charge in [-0.1, -0.05) is 0 Å². The molecule has 2 saturated heterocycles. The molecule has 10 nitrogen and oxygen atoms in total. The van der Waals surface area contributed by atoms with Crippen molar-refractivity contribution in [1.82, 2.24) is 20.0 Å². The number of anilines is 2. The van der Waals surface area contributed by atoms with Gasteiger partial charge < -0.3 is 19.7 Å². The van der Waals surface area contributed by atoms with E-state index in [2.05, 4.69) is 16.4 Å². The van der Waals surface area contributed by atoms with E-state index >= 15 is 4.39 Å². The zero-order valence-corrected chi connectivity index (χ0v) is 19.2. The number of aromatic nitrogens is 2. The molecular formula is C23H29FN6O4. The van der Waals surface area contributed by atoms with Crippen LogP contribution in [0.2, 0.25) is 0 Å². The van der Waals surface area contributed by atoms with E-state index in [1.807, 2.05) is 9.58 Å². The van der Waals surface area contributed by atoms with Crippen LogP contribution in [0.1, 0.15) is 18.2 Å². The van der Waals surface area contributed by atoms with Gasteiger partial charge in [-0.2, -0.15) is 5.10 Å². The Labute approximate surface area is 197 Å².